The quantitative estimate of drug-likeness (QED) is 0.294. The molecular weight excluding hydrogens is 466 g/mol. The van der Waals surface area contributed by atoms with Crippen LogP contribution in [-0.4, -0.2) is 24.5 Å². The smallest absolute Gasteiger partial charge is 0.340 e. The van der Waals surface area contributed by atoms with Gasteiger partial charge in [0.05, 0.1) is 11.1 Å². The highest BCUT2D eigenvalue weighted by atomic mass is 32.2. The Hall–Kier alpha value is -4.25. The monoisotopic (exact) mass is 482 g/mol. The summed E-state index contributed by atoms with van der Waals surface area (Å²) in [5.74, 6) is -3.28. The topological polar surface area (TPSA) is 114 Å². The summed E-state index contributed by atoms with van der Waals surface area (Å²) >= 11 is 0. The number of benzene rings is 3. The van der Waals surface area contributed by atoms with E-state index in [2.05, 4.69) is 20.4 Å². The molecule has 1 aromatic heterocycles. The first kappa shape index (κ1) is 22.9. The fraction of sp³-hybridized carbons (Fsp3) is 0.0435. The van der Waals surface area contributed by atoms with Crippen molar-refractivity contribution >= 4 is 21.8 Å². The molecule has 4 aromatic rings. The number of hydrogen-bond acceptors (Lipinski definition) is 6. The molecule has 0 saturated heterocycles. The molecule has 1 N–H and O–H groups in total. The number of halogens is 2. The average Bonchev–Trinajstić information content (AvgIpc) is 3.19. The second-order valence-electron chi connectivity index (χ2n) is 7.07. The molecule has 0 aliphatic rings. The van der Waals surface area contributed by atoms with Crippen molar-refractivity contribution in [2.75, 3.05) is 0 Å². The van der Waals surface area contributed by atoms with Crippen LogP contribution in [0.15, 0.2) is 87.9 Å². The Bertz CT molecular complexity index is 1500. The fourth-order valence-electron chi connectivity index (χ4n) is 3.00. The van der Waals surface area contributed by atoms with Crippen molar-refractivity contribution in [1.82, 2.24) is 10.2 Å². The minimum absolute atomic E-state index is 0.0994. The SMILES string of the molecule is Cc1ccc(S(=O)(=O)Oc2n[nH]c(N=NC(=O)c3ccccc3F)c2-c2ccccc2F)cc1. The second kappa shape index (κ2) is 9.32. The van der Waals surface area contributed by atoms with Crippen LogP contribution < -0.4 is 4.18 Å². The molecule has 0 unspecified atom stereocenters. The number of rotatable bonds is 6. The number of hydrogen-bond donors (Lipinski definition) is 1. The van der Waals surface area contributed by atoms with Crippen LogP contribution in [0.1, 0.15) is 15.9 Å². The zero-order valence-electron chi connectivity index (χ0n) is 17.6. The average molecular weight is 482 g/mol. The second-order valence-corrected chi connectivity index (χ2v) is 8.61. The molecule has 0 aliphatic heterocycles. The van der Waals surface area contributed by atoms with Crippen molar-refractivity contribution < 1.29 is 26.2 Å². The lowest BCUT2D eigenvalue weighted by Gasteiger charge is -2.08. The van der Waals surface area contributed by atoms with Crippen LogP contribution in [0.25, 0.3) is 11.1 Å². The van der Waals surface area contributed by atoms with Crippen LogP contribution in [0.5, 0.6) is 5.88 Å². The summed E-state index contributed by atoms with van der Waals surface area (Å²) in [6.07, 6.45) is 0. The predicted molar refractivity (Wildman–Crippen MR) is 118 cm³/mol. The highest BCUT2D eigenvalue weighted by Crippen LogP contribution is 2.39. The van der Waals surface area contributed by atoms with Crippen molar-refractivity contribution in [3.63, 3.8) is 0 Å². The highest BCUT2D eigenvalue weighted by molar-refractivity contribution is 7.87. The van der Waals surface area contributed by atoms with Crippen LogP contribution in [0.3, 0.4) is 0 Å². The van der Waals surface area contributed by atoms with Crippen molar-refractivity contribution in [3.8, 4) is 17.0 Å². The number of carbonyl (C=O) groups excluding carboxylic acids is 1. The standard InChI is InChI=1S/C23H16F2N4O4S/c1-14-10-12-15(13-11-14)34(31,32)33-23-20(16-6-2-4-8-18(16)24)21(27-29-23)26-28-22(30)17-7-3-5-9-19(17)25/h2-13H,1H3,(H,27,29). The summed E-state index contributed by atoms with van der Waals surface area (Å²) in [6.45, 7) is 1.79. The van der Waals surface area contributed by atoms with E-state index >= 15 is 0 Å². The van der Waals surface area contributed by atoms with E-state index in [1.807, 2.05) is 0 Å². The van der Waals surface area contributed by atoms with Gasteiger partial charge in [0, 0.05) is 5.56 Å². The van der Waals surface area contributed by atoms with Gasteiger partial charge in [-0.3, -0.25) is 9.89 Å². The van der Waals surface area contributed by atoms with Gasteiger partial charge in [-0.1, -0.05) is 48.0 Å². The third-order valence-corrected chi connectivity index (χ3v) is 5.93. The van der Waals surface area contributed by atoms with Gasteiger partial charge in [-0.2, -0.15) is 8.42 Å². The predicted octanol–water partition coefficient (Wildman–Crippen LogP) is 5.36. The van der Waals surface area contributed by atoms with Gasteiger partial charge < -0.3 is 4.18 Å². The van der Waals surface area contributed by atoms with Gasteiger partial charge in [-0.05, 0) is 37.3 Å². The fourth-order valence-corrected chi connectivity index (χ4v) is 3.89. The lowest BCUT2D eigenvalue weighted by Crippen LogP contribution is -2.10. The van der Waals surface area contributed by atoms with Crippen molar-refractivity contribution in [1.29, 1.82) is 0 Å². The number of aryl methyl sites for hydroxylation is 1. The maximum atomic E-state index is 14.6. The number of nitrogens with one attached hydrogen (secondary N) is 1. The van der Waals surface area contributed by atoms with Crippen LogP contribution in [0.2, 0.25) is 0 Å². The summed E-state index contributed by atoms with van der Waals surface area (Å²) in [6, 6.07) is 16.5. The minimum Gasteiger partial charge on any atom is -0.356 e. The van der Waals surface area contributed by atoms with E-state index in [-0.39, 0.29) is 27.4 Å². The van der Waals surface area contributed by atoms with E-state index in [0.717, 1.165) is 17.7 Å². The van der Waals surface area contributed by atoms with E-state index in [1.165, 1.54) is 48.5 Å². The molecule has 8 nitrogen and oxygen atoms in total. The first-order chi connectivity index (χ1) is 16.3. The third-order valence-electron chi connectivity index (χ3n) is 4.70. The Morgan fingerprint density at radius 1 is 0.941 bits per heavy atom. The Morgan fingerprint density at radius 3 is 2.26 bits per heavy atom. The molecule has 0 spiro atoms. The number of aromatic amines is 1. The van der Waals surface area contributed by atoms with Gasteiger partial charge in [-0.15, -0.1) is 15.3 Å². The molecule has 0 aliphatic carbocycles. The van der Waals surface area contributed by atoms with Crippen molar-refractivity contribution in [2.45, 2.75) is 11.8 Å². The van der Waals surface area contributed by atoms with Crippen LogP contribution >= 0.6 is 0 Å². The number of nitrogens with zero attached hydrogens (tertiary/aromatic N) is 3. The first-order valence-electron chi connectivity index (χ1n) is 9.81. The number of amides is 1. The van der Waals surface area contributed by atoms with Gasteiger partial charge in [0.25, 0.3) is 11.8 Å². The van der Waals surface area contributed by atoms with Gasteiger partial charge >= 0.3 is 10.1 Å². The van der Waals surface area contributed by atoms with Crippen LogP contribution in [-0.2, 0) is 10.1 Å². The van der Waals surface area contributed by atoms with Crippen molar-refractivity contribution in [3.05, 3.63) is 95.6 Å². The summed E-state index contributed by atoms with van der Waals surface area (Å²) in [4.78, 5) is 12.1. The van der Waals surface area contributed by atoms with E-state index < -0.39 is 33.5 Å². The van der Waals surface area contributed by atoms with E-state index in [9.17, 15) is 22.0 Å². The number of aromatic nitrogens is 2. The summed E-state index contributed by atoms with van der Waals surface area (Å²) in [7, 11) is -4.33. The Kier molecular flexibility index (Phi) is 6.28. The molecule has 0 fully saturated rings. The molecule has 34 heavy (non-hydrogen) atoms. The Morgan fingerprint density at radius 2 is 1.59 bits per heavy atom. The number of azo groups is 1. The maximum absolute atomic E-state index is 14.6. The zero-order chi connectivity index (χ0) is 24.3. The van der Waals surface area contributed by atoms with Crippen molar-refractivity contribution in [2.24, 2.45) is 10.2 Å². The van der Waals surface area contributed by atoms with Crippen LogP contribution in [0, 0.1) is 18.6 Å². The molecule has 1 amide bonds. The van der Waals surface area contributed by atoms with Gasteiger partial charge in [0.15, 0.2) is 5.82 Å². The molecule has 1 heterocycles. The lowest BCUT2D eigenvalue weighted by molar-refractivity contribution is 0.0991. The molecule has 3 aromatic carbocycles. The molecule has 0 bridgehead atoms. The van der Waals surface area contributed by atoms with Gasteiger partial charge in [-0.25, -0.2) is 8.78 Å². The molecule has 4 rings (SSSR count). The molecule has 0 saturated carbocycles. The minimum atomic E-state index is -4.33. The zero-order valence-corrected chi connectivity index (χ0v) is 18.4. The normalized spacial score (nSPS) is 11.6. The third kappa shape index (κ3) is 4.74. The largest absolute Gasteiger partial charge is 0.356 e. The van der Waals surface area contributed by atoms with Gasteiger partial charge in [0.1, 0.15) is 16.5 Å². The van der Waals surface area contributed by atoms with Crippen LogP contribution in [0.4, 0.5) is 14.6 Å². The number of carbonyl (C=O) groups is 1. The molecule has 0 atom stereocenters. The maximum Gasteiger partial charge on any atom is 0.340 e. The first-order valence-corrected chi connectivity index (χ1v) is 11.2. The van der Waals surface area contributed by atoms with E-state index in [4.69, 9.17) is 4.18 Å². The van der Waals surface area contributed by atoms with E-state index in [1.54, 1.807) is 19.1 Å². The Balaban J connectivity index is 1.75. The summed E-state index contributed by atoms with van der Waals surface area (Å²) in [5.41, 5.74) is 0.237. The van der Waals surface area contributed by atoms with E-state index in [0.29, 0.717) is 0 Å². The summed E-state index contributed by atoms with van der Waals surface area (Å²) < 4.78 is 59.1. The molecule has 0 radical (unpaired) electrons. The molecule has 11 heteroatoms. The Labute approximate surface area is 193 Å². The van der Waals surface area contributed by atoms with Gasteiger partial charge in [0.2, 0.25) is 0 Å². The lowest BCUT2D eigenvalue weighted by atomic mass is 10.1. The number of H-pyrrole nitrogens is 1. The highest BCUT2D eigenvalue weighted by Gasteiger charge is 2.26. The molecular formula is C23H16F2N4O4S. The summed E-state index contributed by atoms with van der Waals surface area (Å²) in [5, 5.41) is 13.4. The molecule has 172 valence electrons.